The standard InChI is InChI=1S/C27H30F2/c1-3-5-6-8-18-9-11-20(12-10-18)24-17-22-14-13-21-15-19(7-4-2)16-23(21)25(22)27(29)26(24)28/h9-14,17,19H,3-8,15-16H2,1-2H3. The summed E-state index contributed by atoms with van der Waals surface area (Å²) in [7, 11) is 0. The highest BCUT2D eigenvalue weighted by Gasteiger charge is 2.26. The summed E-state index contributed by atoms with van der Waals surface area (Å²) in [5, 5.41) is 1.31. The molecule has 3 aromatic carbocycles. The Morgan fingerprint density at radius 3 is 2.38 bits per heavy atom. The Balaban J connectivity index is 1.69. The van der Waals surface area contributed by atoms with Crippen molar-refractivity contribution in [3.05, 3.63) is 70.8 Å². The number of benzene rings is 3. The molecule has 0 aliphatic heterocycles. The number of hydrogen-bond donors (Lipinski definition) is 0. The van der Waals surface area contributed by atoms with Crippen LogP contribution in [-0.4, -0.2) is 0 Å². The van der Waals surface area contributed by atoms with Crippen molar-refractivity contribution in [3.8, 4) is 11.1 Å². The summed E-state index contributed by atoms with van der Waals surface area (Å²) in [6, 6.07) is 13.9. The van der Waals surface area contributed by atoms with E-state index in [0.29, 0.717) is 16.9 Å². The minimum atomic E-state index is -0.719. The molecule has 1 unspecified atom stereocenters. The van der Waals surface area contributed by atoms with Crippen molar-refractivity contribution in [2.75, 3.05) is 0 Å². The maximum absolute atomic E-state index is 15.2. The molecule has 1 aliphatic rings. The van der Waals surface area contributed by atoms with Gasteiger partial charge in [-0.3, -0.25) is 0 Å². The van der Waals surface area contributed by atoms with E-state index in [0.717, 1.165) is 48.6 Å². The van der Waals surface area contributed by atoms with Crippen LogP contribution in [0.25, 0.3) is 21.9 Å². The molecule has 152 valence electrons. The van der Waals surface area contributed by atoms with E-state index in [1.54, 1.807) is 0 Å². The molecule has 29 heavy (non-hydrogen) atoms. The first kappa shape index (κ1) is 20.1. The van der Waals surface area contributed by atoms with E-state index in [9.17, 15) is 0 Å². The van der Waals surface area contributed by atoms with Gasteiger partial charge in [-0.15, -0.1) is 0 Å². The predicted molar refractivity (Wildman–Crippen MR) is 118 cm³/mol. The first-order chi connectivity index (χ1) is 14.1. The molecule has 2 heteroatoms. The van der Waals surface area contributed by atoms with Crippen molar-refractivity contribution in [1.29, 1.82) is 0 Å². The molecule has 0 saturated heterocycles. The summed E-state index contributed by atoms with van der Waals surface area (Å²) >= 11 is 0. The summed E-state index contributed by atoms with van der Waals surface area (Å²) in [5.41, 5.74) is 4.57. The lowest BCUT2D eigenvalue weighted by molar-refractivity contribution is 0.505. The topological polar surface area (TPSA) is 0 Å². The smallest absolute Gasteiger partial charge is 0.167 e. The number of unbranched alkanes of at least 4 members (excludes halogenated alkanes) is 2. The Bertz CT molecular complexity index is 1000. The maximum atomic E-state index is 15.2. The average Bonchev–Trinajstić information content (AvgIpc) is 3.14. The second-order valence-corrected chi connectivity index (χ2v) is 8.57. The van der Waals surface area contributed by atoms with Gasteiger partial charge >= 0.3 is 0 Å². The van der Waals surface area contributed by atoms with Crippen molar-refractivity contribution >= 4 is 10.8 Å². The Hall–Kier alpha value is -2.22. The van der Waals surface area contributed by atoms with Crippen molar-refractivity contribution in [2.45, 2.75) is 65.2 Å². The van der Waals surface area contributed by atoms with Gasteiger partial charge in [0.2, 0.25) is 0 Å². The SMILES string of the molecule is CCCCCc1ccc(-c2cc3ccc4c(c3c(F)c2F)CC(CCC)C4)cc1. The number of aryl methyl sites for hydroxylation is 1. The van der Waals surface area contributed by atoms with Crippen LogP contribution in [0.2, 0.25) is 0 Å². The number of fused-ring (bicyclic) bond motifs is 3. The molecule has 0 nitrogen and oxygen atoms in total. The minimum Gasteiger partial charge on any atom is -0.203 e. The third-order valence-corrected chi connectivity index (χ3v) is 6.42. The van der Waals surface area contributed by atoms with Gasteiger partial charge in [0.1, 0.15) is 0 Å². The van der Waals surface area contributed by atoms with Gasteiger partial charge in [-0.1, -0.05) is 75.9 Å². The van der Waals surface area contributed by atoms with Crippen molar-refractivity contribution < 1.29 is 8.78 Å². The van der Waals surface area contributed by atoms with E-state index < -0.39 is 11.6 Å². The molecular weight excluding hydrogens is 362 g/mol. The van der Waals surface area contributed by atoms with Crippen LogP contribution in [0.3, 0.4) is 0 Å². The first-order valence-electron chi connectivity index (χ1n) is 11.1. The van der Waals surface area contributed by atoms with Crippen LogP contribution < -0.4 is 0 Å². The summed E-state index contributed by atoms with van der Waals surface area (Å²) in [5.74, 6) is -0.843. The molecule has 0 heterocycles. The molecule has 1 atom stereocenters. The second kappa shape index (κ2) is 8.65. The maximum Gasteiger partial charge on any atom is 0.167 e. The second-order valence-electron chi connectivity index (χ2n) is 8.57. The lowest BCUT2D eigenvalue weighted by atomic mass is 9.94. The fourth-order valence-electron chi connectivity index (χ4n) is 4.88. The Morgan fingerprint density at radius 1 is 0.862 bits per heavy atom. The predicted octanol–water partition coefficient (Wildman–Crippen LogP) is 8.03. The Morgan fingerprint density at radius 2 is 1.66 bits per heavy atom. The third kappa shape index (κ3) is 3.95. The van der Waals surface area contributed by atoms with E-state index in [2.05, 4.69) is 19.9 Å². The van der Waals surface area contributed by atoms with Gasteiger partial charge in [0.15, 0.2) is 11.6 Å². The monoisotopic (exact) mass is 392 g/mol. The van der Waals surface area contributed by atoms with Crippen LogP contribution in [-0.2, 0) is 19.3 Å². The number of rotatable bonds is 7. The van der Waals surface area contributed by atoms with Gasteiger partial charge in [0, 0.05) is 10.9 Å². The molecule has 0 aromatic heterocycles. The quantitative estimate of drug-likeness (QED) is 0.357. The Labute approximate surface area is 173 Å². The molecule has 3 aromatic rings. The summed E-state index contributed by atoms with van der Waals surface area (Å²) in [4.78, 5) is 0. The lowest BCUT2D eigenvalue weighted by Crippen LogP contribution is -1.99. The van der Waals surface area contributed by atoms with Crippen LogP contribution in [0.15, 0.2) is 42.5 Å². The third-order valence-electron chi connectivity index (χ3n) is 6.42. The summed E-state index contributed by atoms with van der Waals surface area (Å²) in [6.45, 7) is 4.38. The fourth-order valence-corrected chi connectivity index (χ4v) is 4.88. The van der Waals surface area contributed by atoms with E-state index in [4.69, 9.17) is 0 Å². The summed E-state index contributed by atoms with van der Waals surface area (Å²) in [6.07, 6.45) is 8.74. The summed E-state index contributed by atoms with van der Waals surface area (Å²) < 4.78 is 30.3. The van der Waals surface area contributed by atoms with Gasteiger partial charge in [0.05, 0.1) is 0 Å². The molecular formula is C27H30F2. The van der Waals surface area contributed by atoms with E-state index in [1.807, 2.05) is 36.4 Å². The van der Waals surface area contributed by atoms with Gasteiger partial charge < -0.3 is 0 Å². The highest BCUT2D eigenvalue weighted by Crippen LogP contribution is 2.39. The van der Waals surface area contributed by atoms with Crippen LogP contribution in [0, 0.1) is 17.6 Å². The van der Waals surface area contributed by atoms with Gasteiger partial charge in [0.25, 0.3) is 0 Å². The zero-order chi connectivity index (χ0) is 20.4. The van der Waals surface area contributed by atoms with Gasteiger partial charge in [-0.25, -0.2) is 8.78 Å². The molecule has 0 radical (unpaired) electrons. The lowest BCUT2D eigenvalue weighted by Gasteiger charge is -2.12. The minimum absolute atomic E-state index is 0.359. The molecule has 1 aliphatic carbocycles. The van der Waals surface area contributed by atoms with Crippen LogP contribution in [0.4, 0.5) is 8.78 Å². The molecule has 0 spiro atoms. The van der Waals surface area contributed by atoms with Gasteiger partial charge in [-0.2, -0.15) is 0 Å². The van der Waals surface area contributed by atoms with E-state index >= 15 is 8.78 Å². The fraction of sp³-hybridized carbons (Fsp3) is 0.407. The highest BCUT2D eigenvalue weighted by molar-refractivity contribution is 5.92. The zero-order valence-corrected chi connectivity index (χ0v) is 17.5. The van der Waals surface area contributed by atoms with Crippen molar-refractivity contribution in [3.63, 3.8) is 0 Å². The average molecular weight is 393 g/mol. The van der Waals surface area contributed by atoms with E-state index in [-0.39, 0.29) is 0 Å². The molecule has 0 bridgehead atoms. The largest absolute Gasteiger partial charge is 0.203 e. The highest BCUT2D eigenvalue weighted by atomic mass is 19.2. The molecule has 0 saturated carbocycles. The van der Waals surface area contributed by atoms with Crippen LogP contribution in [0.5, 0.6) is 0 Å². The van der Waals surface area contributed by atoms with Gasteiger partial charge in [-0.05, 0) is 65.3 Å². The molecule has 0 amide bonds. The van der Waals surface area contributed by atoms with Crippen molar-refractivity contribution in [1.82, 2.24) is 0 Å². The normalized spacial score (nSPS) is 15.8. The first-order valence-corrected chi connectivity index (χ1v) is 11.1. The van der Waals surface area contributed by atoms with Crippen molar-refractivity contribution in [2.24, 2.45) is 5.92 Å². The molecule has 4 rings (SSSR count). The Kier molecular flexibility index (Phi) is 5.99. The number of halogens is 2. The van der Waals surface area contributed by atoms with E-state index in [1.165, 1.54) is 30.4 Å². The number of hydrogen-bond acceptors (Lipinski definition) is 0. The van der Waals surface area contributed by atoms with Crippen LogP contribution >= 0.6 is 0 Å². The van der Waals surface area contributed by atoms with Crippen LogP contribution in [0.1, 0.15) is 62.6 Å². The molecule has 0 N–H and O–H groups in total. The molecule has 0 fully saturated rings. The zero-order valence-electron chi connectivity index (χ0n) is 17.5.